The van der Waals surface area contributed by atoms with Crippen molar-refractivity contribution in [1.82, 2.24) is 19.5 Å². The van der Waals surface area contributed by atoms with E-state index in [0.717, 1.165) is 12.1 Å². The third-order valence-electron chi connectivity index (χ3n) is 6.03. The van der Waals surface area contributed by atoms with Crippen LogP contribution in [-0.2, 0) is 30.5 Å². The summed E-state index contributed by atoms with van der Waals surface area (Å²) in [5.41, 5.74) is 11.5. The number of imidazole rings is 1. The lowest BCUT2D eigenvalue weighted by molar-refractivity contribution is -0.138. The standard InChI is InChI=1S/C15H22N6O5S.C7H6O6S/c1-27(3-2-7(16)15(24)25)4-8-10(22)11(23)14(26-8)21-6-20-9-12(17)18-5-19-13(9)21;8-6-2-1-4(14(11,12)13)3-5(6)7(9)10/h5-8,10-11,14,22-23H,2-4,16H2,1H3,(H2-,17,18,19,24,25);1-3,8H,(H,9,10)(H,11,12,13)/t7-,8+,10+,11+,14+,27?;/m0./s1. The van der Waals surface area contributed by atoms with E-state index in [1.165, 1.54) is 17.2 Å². The number of carboxylic acid groups (broad SMARTS) is 2. The van der Waals surface area contributed by atoms with Crippen molar-refractivity contribution in [3.05, 3.63) is 36.4 Å². The lowest BCUT2D eigenvalue weighted by Gasteiger charge is -2.16. The summed E-state index contributed by atoms with van der Waals surface area (Å²) in [7, 11) is -4.94. The number of benzene rings is 1. The summed E-state index contributed by atoms with van der Waals surface area (Å²) in [6.45, 7) is 0. The minimum absolute atomic E-state index is 0.216. The second-order valence-electron chi connectivity index (χ2n) is 8.95. The minimum atomic E-state index is -4.70. The molecule has 0 amide bonds. The van der Waals surface area contributed by atoms with Crippen LogP contribution in [0.25, 0.3) is 11.2 Å². The molecular weight excluding hydrogens is 588 g/mol. The third-order valence-corrected chi connectivity index (χ3v) is 8.69. The first-order valence-electron chi connectivity index (χ1n) is 11.7. The zero-order valence-corrected chi connectivity index (χ0v) is 23.0. The number of anilines is 1. The van der Waals surface area contributed by atoms with Gasteiger partial charge >= 0.3 is 11.9 Å². The number of ether oxygens (including phenoxy) is 1. The Morgan fingerprint density at radius 2 is 1.88 bits per heavy atom. The molecule has 17 nitrogen and oxygen atoms in total. The van der Waals surface area contributed by atoms with Crippen LogP contribution in [0.3, 0.4) is 0 Å². The number of fused-ring (bicyclic) bond motifs is 1. The summed E-state index contributed by atoms with van der Waals surface area (Å²) in [5, 5.41) is 47.2. The van der Waals surface area contributed by atoms with Crippen LogP contribution in [0, 0.1) is 0 Å². The lowest BCUT2D eigenvalue weighted by atomic mass is 10.1. The number of hydrogen-bond donors (Lipinski definition) is 7. The summed E-state index contributed by atoms with van der Waals surface area (Å²) in [4.78, 5) is 32.7. The molecule has 9 N–H and O–H groups in total. The highest BCUT2D eigenvalue weighted by molar-refractivity contribution is 7.96. The van der Waals surface area contributed by atoms with Gasteiger partial charge in [-0.2, -0.15) is 0 Å². The average molecular weight is 617 g/mol. The molecule has 0 bridgehead atoms. The number of aromatic carboxylic acids is 1. The number of carboxylic acids is 2. The quantitative estimate of drug-likeness (QED) is 0.102. The molecule has 1 saturated heterocycles. The number of aliphatic hydroxyl groups excluding tert-OH is 2. The maximum absolute atomic E-state index is 10.8. The van der Waals surface area contributed by atoms with Crippen LogP contribution in [0.4, 0.5) is 5.82 Å². The molecule has 0 spiro atoms. The summed E-state index contributed by atoms with van der Waals surface area (Å²) < 4.78 is 38.9. The van der Waals surface area contributed by atoms with Crippen LogP contribution in [0.2, 0.25) is 0 Å². The van der Waals surface area contributed by atoms with Crippen molar-refractivity contribution in [3.8, 4) is 5.75 Å². The van der Waals surface area contributed by atoms with Crippen molar-refractivity contribution in [2.75, 3.05) is 23.5 Å². The number of phenols is 1. The monoisotopic (exact) mass is 616 g/mol. The van der Waals surface area contributed by atoms with Crippen LogP contribution in [0.5, 0.6) is 5.75 Å². The lowest BCUT2D eigenvalue weighted by Crippen LogP contribution is -2.37. The van der Waals surface area contributed by atoms with Crippen molar-refractivity contribution in [2.45, 2.75) is 41.9 Å². The molecule has 6 atom stereocenters. The van der Waals surface area contributed by atoms with E-state index in [4.69, 9.17) is 31.5 Å². The van der Waals surface area contributed by atoms with E-state index in [9.17, 15) is 32.8 Å². The number of aliphatic hydroxyl groups is 2. The number of aromatic hydroxyl groups is 1. The molecule has 1 aromatic carbocycles. The average Bonchev–Trinajstić information content (AvgIpc) is 3.44. The number of aromatic nitrogens is 4. The third kappa shape index (κ3) is 7.58. The van der Waals surface area contributed by atoms with Crippen LogP contribution < -0.4 is 11.5 Å². The number of rotatable bonds is 9. The molecule has 0 saturated carbocycles. The van der Waals surface area contributed by atoms with E-state index in [0.29, 0.717) is 35.2 Å². The minimum Gasteiger partial charge on any atom is -0.744 e. The Labute approximate surface area is 235 Å². The van der Waals surface area contributed by atoms with Crippen molar-refractivity contribution in [3.63, 3.8) is 0 Å². The Balaban J connectivity index is 0.000000278. The summed E-state index contributed by atoms with van der Waals surface area (Å²) in [5.74, 6) is -1.84. The van der Waals surface area contributed by atoms with Crippen molar-refractivity contribution >= 4 is 49.9 Å². The molecule has 0 aliphatic carbocycles. The van der Waals surface area contributed by atoms with E-state index >= 15 is 0 Å². The van der Waals surface area contributed by atoms with Gasteiger partial charge in [-0.15, -0.1) is 0 Å². The molecule has 1 aliphatic heterocycles. The number of aliphatic carboxylic acids is 1. The van der Waals surface area contributed by atoms with Crippen molar-refractivity contribution in [1.29, 1.82) is 0 Å². The summed E-state index contributed by atoms with van der Waals surface area (Å²) in [6, 6.07) is 1.38. The van der Waals surface area contributed by atoms with Gasteiger partial charge in [-0.1, -0.05) is 0 Å². The molecule has 0 radical (unpaired) electrons. The van der Waals surface area contributed by atoms with Crippen molar-refractivity contribution in [2.24, 2.45) is 5.73 Å². The highest BCUT2D eigenvalue weighted by Gasteiger charge is 2.46. The Kier molecular flexibility index (Phi) is 10.1. The van der Waals surface area contributed by atoms with Crippen LogP contribution in [0.1, 0.15) is 23.0 Å². The Bertz CT molecular complexity index is 1520. The Morgan fingerprint density at radius 1 is 1.20 bits per heavy atom. The van der Waals surface area contributed by atoms with Gasteiger partial charge in [0.2, 0.25) is 0 Å². The molecule has 41 heavy (non-hydrogen) atoms. The number of nitrogens with two attached hydrogens (primary N) is 2. The molecular formula is C22H28N6O11S2. The number of hydrogen-bond acceptors (Lipinski definition) is 14. The van der Waals surface area contributed by atoms with Gasteiger partial charge in [0.05, 0.1) is 17.5 Å². The van der Waals surface area contributed by atoms with Crippen LogP contribution >= 0.6 is 0 Å². The second kappa shape index (κ2) is 12.9. The molecule has 1 fully saturated rings. The van der Waals surface area contributed by atoms with E-state index < -0.39 is 68.8 Å². The van der Waals surface area contributed by atoms with E-state index in [1.54, 1.807) is 0 Å². The summed E-state index contributed by atoms with van der Waals surface area (Å²) >= 11 is 0. The van der Waals surface area contributed by atoms with E-state index in [1.807, 2.05) is 6.26 Å². The smallest absolute Gasteiger partial charge is 0.339 e. The topological polar surface area (TPSA) is 297 Å². The van der Waals surface area contributed by atoms with Gasteiger partial charge in [0.25, 0.3) is 0 Å². The van der Waals surface area contributed by atoms with Crippen LogP contribution in [-0.4, -0.2) is 112 Å². The first kappa shape index (κ1) is 31.9. The highest BCUT2D eigenvalue weighted by atomic mass is 32.2. The molecule has 224 valence electrons. The molecule has 19 heteroatoms. The molecule has 3 aromatic rings. The van der Waals surface area contributed by atoms with Gasteiger partial charge in [0, 0.05) is 6.42 Å². The number of carbonyl (C=O) groups is 2. The zero-order valence-electron chi connectivity index (χ0n) is 21.3. The normalized spacial score (nSPS) is 22.1. The molecule has 4 rings (SSSR count). The molecule has 3 heterocycles. The maximum atomic E-state index is 10.8. The van der Waals surface area contributed by atoms with Gasteiger partial charge < -0.3 is 46.3 Å². The van der Waals surface area contributed by atoms with Gasteiger partial charge in [0.1, 0.15) is 69.1 Å². The highest BCUT2D eigenvalue weighted by Crippen LogP contribution is 2.32. The molecule has 1 aliphatic rings. The number of nitrogens with zero attached hydrogens (tertiary/aromatic N) is 4. The summed E-state index contributed by atoms with van der Waals surface area (Å²) in [6.07, 6.45) is 1.31. The SMILES string of the molecule is C[S+](CC[C@H](N)C(=O)O)C[C@H]1O[C@@H](n2cnc3c(N)ncnc32)[C@H](O)[C@@H]1O.O=C(O)c1cc(S(=O)(=O)[O-])ccc1O. The fourth-order valence-electron chi connectivity index (χ4n) is 3.81. The van der Waals surface area contributed by atoms with Crippen molar-refractivity contribution < 1.29 is 52.8 Å². The van der Waals surface area contributed by atoms with Gasteiger partial charge in [-0.3, -0.25) is 9.36 Å². The van der Waals surface area contributed by atoms with Gasteiger partial charge in [-0.25, -0.2) is 28.2 Å². The first-order valence-corrected chi connectivity index (χ1v) is 15.0. The number of nitrogen functional groups attached to an aromatic ring is 1. The zero-order chi connectivity index (χ0) is 30.6. The maximum Gasteiger partial charge on any atom is 0.339 e. The first-order chi connectivity index (χ1) is 19.1. The molecule has 1 unspecified atom stereocenters. The van der Waals surface area contributed by atoms with E-state index in [2.05, 4.69) is 15.0 Å². The van der Waals surface area contributed by atoms with Crippen LogP contribution in [0.15, 0.2) is 35.7 Å². The van der Waals surface area contributed by atoms with Gasteiger partial charge in [0.15, 0.2) is 17.7 Å². The predicted molar refractivity (Wildman–Crippen MR) is 142 cm³/mol. The Morgan fingerprint density at radius 3 is 2.49 bits per heavy atom. The second-order valence-corrected chi connectivity index (χ2v) is 12.6. The largest absolute Gasteiger partial charge is 0.744 e. The Hall–Kier alpha value is -3.59. The molecule has 2 aromatic heterocycles. The fourth-order valence-corrected chi connectivity index (χ4v) is 5.97. The van der Waals surface area contributed by atoms with E-state index in [-0.39, 0.29) is 16.7 Å². The predicted octanol–water partition coefficient (Wildman–Crippen LogP) is -1.93. The fraction of sp³-hybridized carbons (Fsp3) is 0.409. The van der Waals surface area contributed by atoms with Gasteiger partial charge in [-0.05, 0) is 29.1 Å².